The lowest BCUT2D eigenvalue weighted by molar-refractivity contribution is 0.300. The van der Waals surface area contributed by atoms with Gasteiger partial charge in [-0.3, -0.25) is 0 Å². The Balaban J connectivity index is 2.22. The van der Waals surface area contributed by atoms with Gasteiger partial charge in [-0.15, -0.1) is 0 Å². The van der Waals surface area contributed by atoms with Gasteiger partial charge in [-0.2, -0.15) is 4.98 Å². The first kappa shape index (κ1) is 14.6. The van der Waals surface area contributed by atoms with E-state index in [4.69, 9.17) is 10.3 Å². The number of hydrogen-bond donors (Lipinski definition) is 1. The van der Waals surface area contributed by atoms with Crippen molar-refractivity contribution in [2.45, 2.75) is 33.2 Å². The number of halogens is 2. The number of benzene rings is 1. The smallest absolute Gasteiger partial charge is 0.231 e. The van der Waals surface area contributed by atoms with Crippen molar-refractivity contribution in [2.75, 3.05) is 0 Å². The second kappa shape index (κ2) is 5.28. The third kappa shape index (κ3) is 3.01. The number of nitrogens with zero attached hydrogens (tertiary/aromatic N) is 2. The Morgan fingerprint density at radius 3 is 2.40 bits per heavy atom. The van der Waals surface area contributed by atoms with Gasteiger partial charge in [0.05, 0.1) is 12.5 Å². The Hall–Kier alpha value is -1.82. The molecule has 2 N–H and O–H groups in total. The van der Waals surface area contributed by atoms with Crippen molar-refractivity contribution in [1.29, 1.82) is 0 Å². The molecule has 0 fully saturated rings. The Kier molecular flexibility index (Phi) is 3.85. The minimum Gasteiger partial charge on any atom is -0.339 e. The summed E-state index contributed by atoms with van der Waals surface area (Å²) in [6.07, 6.45) is -0.0949. The van der Waals surface area contributed by atoms with Crippen LogP contribution in [0.5, 0.6) is 0 Å². The second-order valence-electron chi connectivity index (χ2n) is 5.77. The summed E-state index contributed by atoms with van der Waals surface area (Å²) >= 11 is 0. The summed E-state index contributed by atoms with van der Waals surface area (Å²) in [5.74, 6) is -0.789. The molecule has 1 unspecified atom stereocenters. The maximum absolute atomic E-state index is 13.5. The predicted octanol–water partition coefficient (Wildman–Crippen LogP) is 2.98. The third-order valence-corrected chi connectivity index (χ3v) is 3.08. The first-order valence-electron chi connectivity index (χ1n) is 6.30. The van der Waals surface area contributed by atoms with Gasteiger partial charge in [-0.25, -0.2) is 8.78 Å². The molecule has 2 rings (SSSR count). The Bertz CT molecular complexity index is 584. The summed E-state index contributed by atoms with van der Waals surface area (Å²) in [7, 11) is 0. The Labute approximate surface area is 116 Å². The molecular formula is C14H17F2N3O. The first-order valence-corrected chi connectivity index (χ1v) is 6.30. The quantitative estimate of drug-likeness (QED) is 0.939. The molecule has 0 aliphatic carbocycles. The van der Waals surface area contributed by atoms with Crippen LogP contribution >= 0.6 is 0 Å². The highest BCUT2D eigenvalue weighted by atomic mass is 19.1. The molecule has 0 aliphatic heterocycles. The highest BCUT2D eigenvalue weighted by Crippen LogP contribution is 2.28. The lowest BCUT2D eigenvalue weighted by Crippen LogP contribution is -2.27. The van der Waals surface area contributed by atoms with Crippen LogP contribution in [0.4, 0.5) is 8.78 Å². The molecule has 2 aromatic rings. The van der Waals surface area contributed by atoms with E-state index in [2.05, 4.69) is 10.1 Å². The van der Waals surface area contributed by atoms with E-state index in [1.807, 2.05) is 20.8 Å². The Morgan fingerprint density at radius 2 is 1.85 bits per heavy atom. The first-order chi connectivity index (χ1) is 9.29. The van der Waals surface area contributed by atoms with Crippen LogP contribution in [0.2, 0.25) is 0 Å². The molecule has 1 aromatic heterocycles. The molecule has 0 aliphatic rings. The summed E-state index contributed by atoms with van der Waals surface area (Å²) < 4.78 is 32.1. The zero-order valence-corrected chi connectivity index (χ0v) is 11.7. The minimum absolute atomic E-state index is 0.0907. The minimum atomic E-state index is -0.634. The average Bonchev–Trinajstić information content (AvgIpc) is 2.80. The molecule has 0 amide bonds. The van der Waals surface area contributed by atoms with E-state index in [1.165, 1.54) is 18.2 Å². The maximum Gasteiger partial charge on any atom is 0.231 e. The van der Waals surface area contributed by atoms with Crippen molar-refractivity contribution in [3.05, 3.63) is 47.1 Å². The number of nitrogens with two attached hydrogens (primary N) is 1. The lowest BCUT2D eigenvalue weighted by Gasteiger charge is -2.23. The van der Waals surface area contributed by atoms with Gasteiger partial charge in [0, 0.05) is 5.56 Å². The van der Waals surface area contributed by atoms with Crippen molar-refractivity contribution in [3.8, 4) is 0 Å². The van der Waals surface area contributed by atoms with Gasteiger partial charge in [0.2, 0.25) is 5.89 Å². The molecular weight excluding hydrogens is 264 g/mol. The fourth-order valence-corrected chi connectivity index (χ4v) is 1.71. The van der Waals surface area contributed by atoms with Gasteiger partial charge < -0.3 is 10.3 Å². The molecule has 20 heavy (non-hydrogen) atoms. The van der Waals surface area contributed by atoms with Crippen LogP contribution in [-0.4, -0.2) is 10.1 Å². The second-order valence-corrected chi connectivity index (χ2v) is 5.77. The summed E-state index contributed by atoms with van der Waals surface area (Å²) in [5, 5.41) is 3.78. The molecule has 0 bridgehead atoms. The summed E-state index contributed by atoms with van der Waals surface area (Å²) in [5.41, 5.74) is 5.68. The molecule has 0 radical (unpaired) electrons. The van der Waals surface area contributed by atoms with E-state index in [0.29, 0.717) is 5.82 Å². The predicted molar refractivity (Wildman–Crippen MR) is 69.8 cm³/mol. The monoisotopic (exact) mass is 281 g/mol. The zero-order chi connectivity index (χ0) is 14.9. The van der Waals surface area contributed by atoms with Crippen molar-refractivity contribution < 1.29 is 13.3 Å². The van der Waals surface area contributed by atoms with Gasteiger partial charge >= 0.3 is 0 Å². The number of hydrogen-bond acceptors (Lipinski definition) is 4. The fraction of sp³-hybridized carbons (Fsp3) is 0.429. The van der Waals surface area contributed by atoms with Crippen LogP contribution in [-0.2, 0) is 6.42 Å². The van der Waals surface area contributed by atoms with Gasteiger partial charge in [-0.1, -0.05) is 32.0 Å². The summed E-state index contributed by atoms with van der Waals surface area (Å²) in [6.45, 7) is 5.85. The van der Waals surface area contributed by atoms with E-state index in [0.717, 1.165) is 0 Å². The van der Waals surface area contributed by atoms with E-state index in [1.54, 1.807) is 0 Å². The molecule has 0 saturated carbocycles. The van der Waals surface area contributed by atoms with Crippen LogP contribution in [0.15, 0.2) is 22.7 Å². The van der Waals surface area contributed by atoms with Gasteiger partial charge in [0.1, 0.15) is 11.6 Å². The lowest BCUT2D eigenvalue weighted by atomic mass is 9.87. The van der Waals surface area contributed by atoms with Crippen molar-refractivity contribution in [2.24, 2.45) is 11.1 Å². The van der Waals surface area contributed by atoms with Crippen LogP contribution in [0.3, 0.4) is 0 Å². The highest BCUT2D eigenvalue weighted by molar-refractivity contribution is 5.22. The maximum atomic E-state index is 13.5. The average molecular weight is 281 g/mol. The van der Waals surface area contributed by atoms with Crippen LogP contribution in [0, 0.1) is 17.0 Å². The third-order valence-electron chi connectivity index (χ3n) is 3.08. The standard InChI is InChI=1S/C14H17F2N3O/c1-14(2,3)12(17)13-18-11(20-19-13)7-8-9(15)5-4-6-10(8)16/h4-6,12H,7,17H2,1-3H3. The summed E-state index contributed by atoms with van der Waals surface area (Å²) in [6, 6.07) is 3.28. The molecule has 6 heteroatoms. The fourth-order valence-electron chi connectivity index (χ4n) is 1.71. The van der Waals surface area contributed by atoms with Crippen molar-refractivity contribution in [1.82, 2.24) is 10.1 Å². The largest absolute Gasteiger partial charge is 0.339 e. The molecule has 108 valence electrons. The van der Waals surface area contributed by atoms with Crippen LogP contribution < -0.4 is 5.73 Å². The summed E-state index contributed by atoms with van der Waals surface area (Å²) in [4.78, 5) is 4.12. The van der Waals surface area contributed by atoms with E-state index in [-0.39, 0.29) is 23.3 Å². The molecule has 0 spiro atoms. The van der Waals surface area contributed by atoms with Gasteiger partial charge in [0.25, 0.3) is 0 Å². The number of rotatable bonds is 3. The van der Waals surface area contributed by atoms with Crippen molar-refractivity contribution >= 4 is 0 Å². The zero-order valence-electron chi connectivity index (χ0n) is 11.7. The topological polar surface area (TPSA) is 64.9 Å². The van der Waals surface area contributed by atoms with Crippen LogP contribution in [0.1, 0.15) is 44.1 Å². The van der Waals surface area contributed by atoms with E-state index < -0.39 is 17.7 Å². The molecule has 1 heterocycles. The highest BCUT2D eigenvalue weighted by Gasteiger charge is 2.27. The van der Waals surface area contributed by atoms with Gasteiger partial charge in [-0.05, 0) is 17.5 Å². The molecule has 1 atom stereocenters. The molecule has 1 aromatic carbocycles. The number of aromatic nitrogens is 2. The SMILES string of the molecule is CC(C)(C)C(N)c1noc(Cc2c(F)cccc2F)n1. The van der Waals surface area contributed by atoms with Crippen molar-refractivity contribution in [3.63, 3.8) is 0 Å². The molecule has 0 saturated heterocycles. The normalized spacial score (nSPS) is 13.5. The van der Waals surface area contributed by atoms with Gasteiger partial charge in [0.15, 0.2) is 5.82 Å². The van der Waals surface area contributed by atoms with Crippen LogP contribution in [0.25, 0.3) is 0 Å². The van der Waals surface area contributed by atoms with E-state index >= 15 is 0 Å². The van der Waals surface area contributed by atoms with E-state index in [9.17, 15) is 8.78 Å². The Morgan fingerprint density at radius 1 is 1.25 bits per heavy atom. The molecule has 4 nitrogen and oxygen atoms in total.